The van der Waals surface area contributed by atoms with E-state index in [4.69, 9.17) is 10.8 Å². The molecule has 0 saturated carbocycles. The van der Waals surface area contributed by atoms with Gasteiger partial charge in [-0.3, -0.25) is 76.7 Å². The summed E-state index contributed by atoms with van der Waals surface area (Å²) in [7, 11) is 0. The van der Waals surface area contributed by atoms with Crippen molar-refractivity contribution < 1.29 is 107 Å². The molecule has 2 rings (SSSR count). The third-order valence-corrected chi connectivity index (χ3v) is 13.7. The van der Waals surface area contributed by atoms with Crippen LogP contribution in [0.5, 0.6) is 5.75 Å². The fourth-order valence-electron chi connectivity index (χ4n) is 8.95. The van der Waals surface area contributed by atoms with Crippen LogP contribution in [-0.4, -0.2) is 216 Å². The molecule has 0 aromatic heterocycles. The lowest BCUT2D eigenvalue weighted by molar-refractivity contribution is -0.144. The summed E-state index contributed by atoms with van der Waals surface area (Å²) in [6, 6.07) is -10.6. The number of nitrogens with two attached hydrogens (primary N) is 1. The van der Waals surface area contributed by atoms with Gasteiger partial charge in [-0.2, -0.15) is 0 Å². The Balaban J connectivity index is 2.23. The fraction of sp³-hybridized carbons (Fsp3) is 0.600. The fourth-order valence-corrected chi connectivity index (χ4v) is 8.95. The lowest BCUT2D eigenvalue weighted by Gasteiger charge is -2.33. The van der Waals surface area contributed by atoms with Crippen molar-refractivity contribution in [1.82, 2.24) is 58.1 Å². The van der Waals surface area contributed by atoms with E-state index in [-0.39, 0.29) is 50.8 Å². The smallest absolute Gasteiger partial charge is 0.305 e. The number of nitrogens with one attached hydrogen (secondary N) is 10. The number of aliphatic hydroxyl groups excluding tert-OH is 2. The maximum atomic E-state index is 14.3. The van der Waals surface area contributed by atoms with Gasteiger partial charge in [-0.15, -0.1) is 0 Å². The van der Waals surface area contributed by atoms with Crippen LogP contribution in [0.25, 0.3) is 0 Å². The number of hydrogen-bond acceptors (Lipinski definition) is 19. The van der Waals surface area contributed by atoms with Crippen molar-refractivity contribution in [3.05, 3.63) is 29.8 Å². The van der Waals surface area contributed by atoms with Gasteiger partial charge in [-0.25, -0.2) is 0 Å². The number of Topliss-reactive ketones (excluding diaryl/α,β-unsaturated/α-hetero) is 1. The number of phenols is 1. The third kappa shape index (κ3) is 25.5. The molecule has 1 saturated heterocycles. The minimum atomic E-state index is -2.01. The predicted octanol–water partition coefficient (Wildman–Crippen LogP) is -5.83. The third-order valence-electron chi connectivity index (χ3n) is 13.7. The summed E-state index contributed by atoms with van der Waals surface area (Å²) >= 11 is 0. The number of aliphatic hydroxyl groups is 2. The summed E-state index contributed by atoms with van der Waals surface area (Å²) in [4.78, 5) is 209. The van der Waals surface area contributed by atoms with E-state index in [1.807, 2.05) is 5.32 Å². The molecule has 0 aliphatic carbocycles. The molecule has 1 aliphatic rings. The van der Waals surface area contributed by atoms with Gasteiger partial charge in [0.2, 0.25) is 70.8 Å². The number of aromatic hydroxyl groups is 1. The van der Waals surface area contributed by atoms with Crippen molar-refractivity contribution in [1.29, 1.82) is 0 Å². The Kier molecular flexibility index (Phi) is 31.3. The van der Waals surface area contributed by atoms with E-state index in [1.54, 1.807) is 20.8 Å². The highest BCUT2D eigenvalue weighted by molar-refractivity contribution is 6.38. The quantitative estimate of drug-likeness (QED) is 0.0274. The average molecular weight is 1260 g/mol. The first kappa shape index (κ1) is 75.8. The van der Waals surface area contributed by atoms with E-state index in [9.17, 15) is 102 Å². The number of phenolic OH excluding ortho intramolecular Hbond substituents is 1. The number of hydrogen-bond donors (Lipinski definition) is 17. The second kappa shape index (κ2) is 36.7. The number of carboxylic acid groups (broad SMARTS) is 3. The molecule has 1 aromatic carbocycles. The minimum Gasteiger partial charge on any atom is -0.508 e. The minimum absolute atomic E-state index is 0.00838. The second-order valence-electron chi connectivity index (χ2n) is 21.7. The molecule has 1 aromatic rings. The zero-order chi connectivity index (χ0) is 67.6. The molecule has 1 heterocycles. The number of nitrogens with zero attached hydrogens (tertiary/aromatic N) is 1. The number of benzene rings is 1. The van der Waals surface area contributed by atoms with Gasteiger partial charge in [-0.1, -0.05) is 53.2 Å². The Morgan fingerprint density at radius 1 is 0.584 bits per heavy atom. The summed E-state index contributed by atoms with van der Waals surface area (Å²) in [6.07, 6.45) is -4.94. The van der Waals surface area contributed by atoms with Crippen molar-refractivity contribution in [2.75, 3.05) is 19.7 Å². The van der Waals surface area contributed by atoms with Gasteiger partial charge in [0.15, 0.2) is 0 Å². The second-order valence-corrected chi connectivity index (χ2v) is 21.7. The van der Waals surface area contributed by atoms with Gasteiger partial charge < -0.3 is 94.4 Å². The Labute approximate surface area is 510 Å². The van der Waals surface area contributed by atoms with Gasteiger partial charge in [-0.05, 0) is 68.6 Å². The number of carbonyl (C=O) groups excluding carboxylic acids is 13. The van der Waals surface area contributed by atoms with Crippen LogP contribution in [0, 0.1) is 11.8 Å². The van der Waals surface area contributed by atoms with Crippen LogP contribution >= 0.6 is 0 Å². The molecule has 1 aliphatic heterocycles. The average Bonchev–Trinajstić information content (AvgIpc) is 3.48. The van der Waals surface area contributed by atoms with Crippen molar-refractivity contribution >= 4 is 94.6 Å². The molecule has 0 bridgehead atoms. The topological polar surface area (TPSA) is 544 Å². The number of rotatable bonds is 38. The maximum Gasteiger partial charge on any atom is 0.305 e. The van der Waals surface area contributed by atoms with E-state index >= 15 is 0 Å². The van der Waals surface area contributed by atoms with Crippen LogP contribution in [0.4, 0.5) is 0 Å². The molecule has 18 N–H and O–H groups in total. The van der Waals surface area contributed by atoms with Crippen molar-refractivity contribution in [3.8, 4) is 5.75 Å². The number of carboxylic acids is 3. The standard InChI is InChI=1S/C55H82N12O22/c1-8-10-31(45(79)54(88)57-23-38(72)64-44(27(6)69)53(87)62-35(22-41(77)78)50(84)61-34(21-29-12-14-30(71)15-13-29)49(83)63-36(24-68)46(56)80)59-51(85)37-11-9-20-67(37)55(89)43(26(4)5)66-52(86)42(25(2)3)65-48(82)33(17-19-40(75)76)60-47(81)32(58-28(7)70)16-18-39(73)74/h12-15,25-27,31-37,42-44,68-69,71H,8-11,16-24H2,1-7H3,(H2,56,80)(H,57,88)(H,58,70)(H,59,85)(H,60,81)(H,61,84)(H,62,87)(H,63,83)(H,64,72)(H,65,82)(H,66,86)(H,73,74)(H,75,76)(H,77,78)/t27?,31-,32-,33-,34-,35+,36-,37?,42-,43-,44-/m0/s1. The van der Waals surface area contributed by atoms with Crippen LogP contribution in [0.3, 0.4) is 0 Å². The highest BCUT2D eigenvalue weighted by Crippen LogP contribution is 2.22. The number of ketones is 1. The SMILES string of the molecule is CCC[C@H](NC(=O)C1CCCN1C(=O)[C@@H](NC(=O)[C@@H](NC(=O)[C@H](CCC(=O)O)NC(=O)[C@H](CCC(=O)O)NC(C)=O)C(C)C)C(C)C)C(=O)C(=O)NCC(=O)N[C@H](C(=O)N[C@H](CC(=O)O)C(=O)N[C@@H](Cc1ccc(O)cc1)C(=O)N[C@@H](CO)C(N)=O)C(C)O. The summed E-state index contributed by atoms with van der Waals surface area (Å²) < 4.78 is 0. The Hall–Kier alpha value is -9.34. The maximum absolute atomic E-state index is 14.3. The molecule has 89 heavy (non-hydrogen) atoms. The number of carbonyl (C=O) groups is 16. The van der Waals surface area contributed by atoms with Gasteiger partial charge in [0.05, 0.1) is 31.7 Å². The molecule has 0 spiro atoms. The van der Waals surface area contributed by atoms with Crippen LogP contribution in [0.15, 0.2) is 24.3 Å². The molecule has 11 atom stereocenters. The van der Waals surface area contributed by atoms with Crippen molar-refractivity contribution in [2.45, 2.75) is 179 Å². The van der Waals surface area contributed by atoms with Gasteiger partial charge in [0.25, 0.3) is 5.91 Å². The van der Waals surface area contributed by atoms with E-state index in [2.05, 4.69) is 47.9 Å². The van der Waals surface area contributed by atoms with Crippen molar-refractivity contribution in [3.63, 3.8) is 0 Å². The first-order valence-electron chi connectivity index (χ1n) is 28.5. The largest absolute Gasteiger partial charge is 0.508 e. The lowest BCUT2D eigenvalue weighted by atomic mass is 9.98. The number of likely N-dealkylation sites (tertiary alicyclic amines) is 1. The zero-order valence-electron chi connectivity index (χ0n) is 50.2. The monoisotopic (exact) mass is 1260 g/mol. The van der Waals surface area contributed by atoms with Gasteiger partial charge >= 0.3 is 17.9 Å². The Bertz CT molecular complexity index is 2760. The molecule has 34 nitrogen and oxygen atoms in total. The zero-order valence-corrected chi connectivity index (χ0v) is 50.2. The van der Waals surface area contributed by atoms with E-state index in [0.717, 1.165) is 18.7 Å². The molecule has 0 radical (unpaired) electrons. The first-order valence-corrected chi connectivity index (χ1v) is 28.5. The summed E-state index contributed by atoms with van der Waals surface area (Å²) in [5.41, 5.74) is 5.54. The number of aliphatic carboxylic acids is 3. The highest BCUT2D eigenvalue weighted by atomic mass is 16.4. The number of primary amides is 1. The van der Waals surface area contributed by atoms with Crippen molar-refractivity contribution in [2.24, 2.45) is 17.6 Å². The van der Waals surface area contributed by atoms with Crippen LogP contribution in [0.2, 0.25) is 0 Å². The molecular weight excluding hydrogens is 1180 g/mol. The van der Waals surface area contributed by atoms with E-state index in [0.29, 0.717) is 5.56 Å². The molecule has 1 fully saturated rings. The number of amides is 12. The lowest BCUT2D eigenvalue weighted by Crippen LogP contribution is -2.61. The first-order chi connectivity index (χ1) is 41.6. The van der Waals surface area contributed by atoms with Crippen LogP contribution in [0.1, 0.15) is 112 Å². The predicted molar refractivity (Wildman–Crippen MR) is 306 cm³/mol. The van der Waals surface area contributed by atoms with Crippen LogP contribution < -0.4 is 58.9 Å². The summed E-state index contributed by atoms with van der Waals surface area (Å²) in [5, 5.41) is 80.7. The van der Waals surface area contributed by atoms with Gasteiger partial charge in [0, 0.05) is 32.7 Å². The normalized spacial score (nSPS) is 16.1. The summed E-state index contributed by atoms with van der Waals surface area (Å²) in [6.45, 7) is 7.94. The molecular formula is C55H82N12O22. The van der Waals surface area contributed by atoms with E-state index in [1.165, 1.54) is 38.1 Å². The van der Waals surface area contributed by atoms with E-state index < -0.39 is 212 Å². The van der Waals surface area contributed by atoms with Gasteiger partial charge in [0.1, 0.15) is 60.1 Å². The molecule has 2 unspecified atom stereocenters. The molecule has 12 amide bonds. The molecule has 494 valence electrons. The Morgan fingerprint density at radius 3 is 1.58 bits per heavy atom. The summed E-state index contributed by atoms with van der Waals surface area (Å²) in [5.74, 6) is -19.8. The molecule has 34 heteroatoms. The Morgan fingerprint density at radius 2 is 1.08 bits per heavy atom. The van der Waals surface area contributed by atoms with Crippen LogP contribution in [-0.2, 0) is 83.1 Å². The highest BCUT2D eigenvalue weighted by Gasteiger charge is 2.42.